The van der Waals surface area contributed by atoms with E-state index in [1.807, 2.05) is 6.20 Å². The first-order valence-electron chi connectivity index (χ1n) is 22.7. The van der Waals surface area contributed by atoms with Crippen LogP contribution in [0.5, 0.6) is 11.5 Å². The zero-order valence-corrected chi connectivity index (χ0v) is 38.9. The zero-order chi connectivity index (χ0) is 45.3. The lowest BCUT2D eigenvalue weighted by Gasteiger charge is -2.26. The lowest BCUT2D eigenvalue weighted by molar-refractivity contribution is -0.572. The molecule has 0 bridgehead atoms. The van der Waals surface area contributed by atoms with Crippen LogP contribution in [-0.4, -0.2) is 14.1 Å². The second-order valence-corrected chi connectivity index (χ2v) is 20.5. The highest BCUT2D eigenvalue weighted by molar-refractivity contribution is 6.09. The molecular formula is C60H56N4O. The molecule has 10 aromatic rings. The topological polar surface area (TPSA) is 35.9 Å². The van der Waals surface area contributed by atoms with Crippen LogP contribution in [-0.2, 0) is 16.2 Å². The summed E-state index contributed by atoms with van der Waals surface area (Å²) in [4.78, 5) is 4.92. The molecule has 3 heterocycles. The van der Waals surface area contributed by atoms with Gasteiger partial charge in [0.05, 0.1) is 33.4 Å². The Balaban J connectivity index is 1.17. The second kappa shape index (κ2) is 15.8. The number of hydrogen-bond donors (Lipinski definition) is 0. The maximum atomic E-state index is 7.01. The number of ether oxygens (including phenoxy) is 1. The van der Waals surface area contributed by atoms with Crippen molar-refractivity contribution < 1.29 is 9.30 Å². The third kappa shape index (κ3) is 8.01. The van der Waals surface area contributed by atoms with Gasteiger partial charge in [-0.1, -0.05) is 159 Å². The predicted molar refractivity (Wildman–Crippen MR) is 269 cm³/mol. The molecule has 0 saturated heterocycles. The normalized spacial score (nSPS) is 12.4. The minimum absolute atomic E-state index is 0.0249. The number of nitrogens with zero attached hydrogens (tertiary/aromatic N) is 4. The first-order valence-corrected chi connectivity index (χ1v) is 22.7. The number of para-hydroxylation sites is 1. The Morgan fingerprint density at radius 3 is 1.77 bits per heavy atom. The average molecular weight is 849 g/mol. The van der Waals surface area contributed by atoms with Crippen LogP contribution in [0.4, 0.5) is 0 Å². The maximum Gasteiger partial charge on any atom is 0.269 e. The number of fused-ring (bicyclic) bond motifs is 4. The Kier molecular flexibility index (Phi) is 10.1. The summed E-state index contributed by atoms with van der Waals surface area (Å²) < 4.78 is 13.7. The molecule has 0 radical (unpaired) electrons. The fraction of sp³-hybridized carbons (Fsp3) is 0.200. The molecular weight excluding hydrogens is 793 g/mol. The highest BCUT2D eigenvalue weighted by Gasteiger charge is 2.24. The quantitative estimate of drug-likeness (QED) is 0.118. The van der Waals surface area contributed by atoms with Gasteiger partial charge in [-0.05, 0) is 122 Å². The molecule has 0 aliphatic carbocycles. The predicted octanol–water partition coefficient (Wildman–Crippen LogP) is 15.2. The standard InChI is InChI=1S/C60H56N4O/c1-58(2,3)44-28-29-61-57(36-44)64-53-23-17-16-22-51(53)52-26-25-49(38-55(52)64)65-50-31-43(41-20-14-11-15-21-41)30-47(37-50)63-39-62(48-34-45(59(4,5)6)33-46(35-48)60(7,8)9)54-27-24-42(32-56(54)63)40-18-12-10-13-19-40/h10-38H,1-9H3. The van der Waals surface area contributed by atoms with E-state index >= 15 is 0 Å². The van der Waals surface area contributed by atoms with Crippen LogP contribution in [0.3, 0.4) is 0 Å². The number of hydrogen-bond acceptors (Lipinski definition) is 2. The second-order valence-electron chi connectivity index (χ2n) is 20.5. The van der Waals surface area contributed by atoms with E-state index < -0.39 is 0 Å². The SMILES string of the molecule is CC(C)(C)c1cc(-[n+]2[c-]n(-c3cc(Oc4ccc5c6ccccc6n(-c6cc(C(C)(C)C)ccn6)c5c4)cc(-c4ccccc4)c3)c3cc(-c4ccccc4)ccc32)cc(C(C)(C)C)c1. The van der Waals surface area contributed by atoms with Crippen molar-refractivity contribution in [1.82, 2.24) is 14.1 Å². The molecule has 3 aromatic heterocycles. The van der Waals surface area contributed by atoms with E-state index in [-0.39, 0.29) is 16.2 Å². The van der Waals surface area contributed by atoms with Gasteiger partial charge in [0, 0.05) is 23.0 Å². The van der Waals surface area contributed by atoms with E-state index in [4.69, 9.17) is 9.72 Å². The molecule has 0 aliphatic rings. The largest absolute Gasteiger partial charge is 0.458 e. The molecule has 0 fully saturated rings. The molecule has 0 N–H and O–H groups in total. The third-order valence-electron chi connectivity index (χ3n) is 12.7. The van der Waals surface area contributed by atoms with Crippen molar-refractivity contribution in [3.05, 3.63) is 199 Å². The van der Waals surface area contributed by atoms with Crippen molar-refractivity contribution >= 4 is 32.8 Å². The molecule has 0 unspecified atom stereocenters. The summed E-state index contributed by atoms with van der Waals surface area (Å²) in [6.07, 6.45) is 5.80. The Morgan fingerprint density at radius 1 is 0.462 bits per heavy atom. The van der Waals surface area contributed by atoms with Crippen LogP contribution in [0.25, 0.3) is 72.3 Å². The van der Waals surface area contributed by atoms with Gasteiger partial charge < -0.3 is 4.74 Å². The molecule has 0 saturated carbocycles. The monoisotopic (exact) mass is 848 g/mol. The van der Waals surface area contributed by atoms with Gasteiger partial charge in [0.25, 0.3) is 6.33 Å². The summed E-state index contributed by atoms with van der Waals surface area (Å²) in [7, 11) is 0. The average Bonchev–Trinajstić information content (AvgIpc) is 3.84. The van der Waals surface area contributed by atoms with Gasteiger partial charge in [-0.3, -0.25) is 13.7 Å². The molecule has 5 heteroatoms. The fourth-order valence-corrected chi connectivity index (χ4v) is 8.88. The summed E-state index contributed by atoms with van der Waals surface area (Å²) in [6.45, 7) is 20.5. The van der Waals surface area contributed by atoms with Crippen LogP contribution in [0, 0.1) is 6.33 Å². The smallest absolute Gasteiger partial charge is 0.269 e. The molecule has 0 aliphatic heterocycles. The lowest BCUT2D eigenvalue weighted by Crippen LogP contribution is -2.31. The third-order valence-corrected chi connectivity index (χ3v) is 12.7. The van der Waals surface area contributed by atoms with Gasteiger partial charge in [0.15, 0.2) is 0 Å². The molecule has 0 amide bonds. The van der Waals surface area contributed by atoms with Crippen molar-refractivity contribution in [2.24, 2.45) is 0 Å². The summed E-state index contributed by atoms with van der Waals surface area (Å²) in [5, 5.41) is 2.32. The minimum Gasteiger partial charge on any atom is -0.458 e. The van der Waals surface area contributed by atoms with Crippen LogP contribution >= 0.6 is 0 Å². The fourth-order valence-electron chi connectivity index (χ4n) is 8.88. The van der Waals surface area contributed by atoms with Gasteiger partial charge in [-0.2, -0.15) is 0 Å². The summed E-state index contributed by atoms with van der Waals surface area (Å²) in [5.74, 6) is 2.35. The molecule has 10 rings (SSSR count). The van der Waals surface area contributed by atoms with E-state index in [2.05, 4.69) is 252 Å². The Labute approximate surface area is 383 Å². The van der Waals surface area contributed by atoms with Gasteiger partial charge >= 0.3 is 0 Å². The van der Waals surface area contributed by atoms with Crippen LogP contribution < -0.4 is 9.30 Å². The van der Waals surface area contributed by atoms with Crippen LogP contribution in [0.15, 0.2) is 176 Å². The van der Waals surface area contributed by atoms with E-state index in [0.717, 1.165) is 78.4 Å². The number of benzene rings is 7. The molecule has 5 nitrogen and oxygen atoms in total. The summed E-state index contributed by atoms with van der Waals surface area (Å²) in [5.41, 5.74) is 14.4. The van der Waals surface area contributed by atoms with Gasteiger partial charge in [-0.15, -0.1) is 0 Å². The number of aromatic nitrogens is 4. The number of imidazole rings is 1. The van der Waals surface area contributed by atoms with Crippen molar-refractivity contribution in [3.63, 3.8) is 0 Å². The highest BCUT2D eigenvalue weighted by atomic mass is 16.5. The Bertz CT molecular complexity index is 3360. The summed E-state index contributed by atoms with van der Waals surface area (Å²) in [6, 6.07) is 60.8. The van der Waals surface area contributed by atoms with E-state index in [0.29, 0.717) is 0 Å². The lowest BCUT2D eigenvalue weighted by atomic mass is 9.80. The summed E-state index contributed by atoms with van der Waals surface area (Å²) >= 11 is 0. The van der Waals surface area contributed by atoms with Crippen LogP contribution in [0.1, 0.15) is 79.0 Å². The first-order chi connectivity index (χ1) is 31.1. The number of pyridine rings is 1. The van der Waals surface area contributed by atoms with Gasteiger partial charge in [-0.25, -0.2) is 4.98 Å². The van der Waals surface area contributed by atoms with Gasteiger partial charge in [0.2, 0.25) is 0 Å². The molecule has 0 atom stereocenters. The van der Waals surface area contributed by atoms with Crippen molar-refractivity contribution in [2.75, 3.05) is 0 Å². The van der Waals surface area contributed by atoms with E-state index in [1.54, 1.807) is 0 Å². The Morgan fingerprint density at radius 2 is 1.09 bits per heavy atom. The zero-order valence-electron chi connectivity index (χ0n) is 38.9. The molecule has 322 valence electrons. The van der Waals surface area contributed by atoms with Gasteiger partial charge in [0.1, 0.15) is 17.3 Å². The van der Waals surface area contributed by atoms with Crippen molar-refractivity contribution in [2.45, 2.75) is 78.6 Å². The highest BCUT2D eigenvalue weighted by Crippen LogP contribution is 2.38. The number of rotatable bonds is 7. The molecule has 0 spiro atoms. The van der Waals surface area contributed by atoms with Crippen LogP contribution in [0.2, 0.25) is 0 Å². The molecule has 7 aromatic carbocycles. The van der Waals surface area contributed by atoms with Crippen molar-refractivity contribution in [1.29, 1.82) is 0 Å². The molecule has 65 heavy (non-hydrogen) atoms. The van der Waals surface area contributed by atoms with E-state index in [9.17, 15) is 0 Å². The minimum atomic E-state index is -0.0456. The maximum absolute atomic E-state index is 7.01. The Hall–Kier alpha value is -7.24. The first kappa shape index (κ1) is 41.8. The van der Waals surface area contributed by atoms with E-state index in [1.165, 1.54) is 22.1 Å². The van der Waals surface area contributed by atoms with Crippen molar-refractivity contribution in [3.8, 4) is 50.9 Å².